The third-order valence-electron chi connectivity index (χ3n) is 3.95. The van der Waals surface area contributed by atoms with Gasteiger partial charge in [0.25, 0.3) is 5.91 Å². The molecule has 1 fully saturated rings. The zero-order chi connectivity index (χ0) is 15.2. The number of anilines is 1. The van der Waals surface area contributed by atoms with Crippen LogP contribution < -0.4 is 10.6 Å². The van der Waals surface area contributed by atoms with Crippen LogP contribution in [0, 0.1) is 0 Å². The third kappa shape index (κ3) is 4.74. The van der Waals surface area contributed by atoms with E-state index in [9.17, 15) is 4.79 Å². The topological polar surface area (TPSA) is 50.4 Å². The SMILES string of the molecule is COC1CCC(Nc2ccc(C(=O)NC(C)C)cc2)CC1. The van der Waals surface area contributed by atoms with Gasteiger partial charge in [-0.2, -0.15) is 0 Å². The van der Waals surface area contributed by atoms with Crippen molar-refractivity contribution in [3.63, 3.8) is 0 Å². The predicted molar refractivity (Wildman–Crippen MR) is 85.7 cm³/mol. The van der Waals surface area contributed by atoms with Crippen LogP contribution in [-0.4, -0.2) is 31.2 Å². The Balaban J connectivity index is 1.86. The highest BCUT2D eigenvalue weighted by Gasteiger charge is 2.20. The maximum Gasteiger partial charge on any atom is 0.251 e. The van der Waals surface area contributed by atoms with Crippen molar-refractivity contribution in [3.05, 3.63) is 29.8 Å². The molecule has 1 aliphatic carbocycles. The van der Waals surface area contributed by atoms with Crippen molar-refractivity contribution in [2.75, 3.05) is 12.4 Å². The van der Waals surface area contributed by atoms with E-state index in [-0.39, 0.29) is 11.9 Å². The molecule has 0 aliphatic heterocycles. The summed E-state index contributed by atoms with van der Waals surface area (Å²) < 4.78 is 5.39. The van der Waals surface area contributed by atoms with E-state index in [1.807, 2.05) is 38.1 Å². The Kier molecular flexibility index (Phi) is 5.62. The van der Waals surface area contributed by atoms with Crippen LogP contribution in [-0.2, 0) is 4.74 Å². The molecule has 0 spiro atoms. The maximum atomic E-state index is 11.9. The first-order valence-electron chi connectivity index (χ1n) is 7.78. The van der Waals surface area contributed by atoms with Gasteiger partial charge in [0.1, 0.15) is 0 Å². The van der Waals surface area contributed by atoms with Gasteiger partial charge in [-0.25, -0.2) is 0 Å². The summed E-state index contributed by atoms with van der Waals surface area (Å²) in [5.74, 6) is -0.0165. The lowest BCUT2D eigenvalue weighted by atomic mass is 9.93. The molecular formula is C17H26N2O2. The lowest BCUT2D eigenvalue weighted by Crippen LogP contribution is -2.30. The summed E-state index contributed by atoms with van der Waals surface area (Å²) in [4.78, 5) is 11.9. The fraction of sp³-hybridized carbons (Fsp3) is 0.588. The molecule has 21 heavy (non-hydrogen) atoms. The molecule has 1 aromatic carbocycles. The Bertz CT molecular complexity index is 448. The molecule has 4 heteroatoms. The molecule has 2 N–H and O–H groups in total. The third-order valence-corrected chi connectivity index (χ3v) is 3.95. The lowest BCUT2D eigenvalue weighted by Gasteiger charge is -2.28. The zero-order valence-corrected chi connectivity index (χ0v) is 13.2. The number of hydrogen-bond donors (Lipinski definition) is 2. The minimum absolute atomic E-state index is 0.0165. The van der Waals surface area contributed by atoms with Crippen molar-refractivity contribution in [3.8, 4) is 0 Å². The molecule has 0 atom stereocenters. The number of carbonyl (C=O) groups excluding carboxylic acids is 1. The molecule has 0 aromatic heterocycles. The van der Waals surface area contributed by atoms with Crippen molar-refractivity contribution in [2.45, 2.75) is 57.7 Å². The van der Waals surface area contributed by atoms with Gasteiger partial charge in [0.15, 0.2) is 0 Å². The van der Waals surface area contributed by atoms with Crippen LogP contribution in [0.4, 0.5) is 5.69 Å². The molecule has 0 bridgehead atoms. The van der Waals surface area contributed by atoms with E-state index in [0.29, 0.717) is 17.7 Å². The smallest absolute Gasteiger partial charge is 0.251 e. The van der Waals surface area contributed by atoms with Crippen LogP contribution in [0.15, 0.2) is 24.3 Å². The molecule has 2 rings (SSSR count). The first kappa shape index (κ1) is 15.8. The van der Waals surface area contributed by atoms with E-state index in [1.165, 1.54) is 0 Å². The van der Waals surface area contributed by atoms with Crippen LogP contribution in [0.25, 0.3) is 0 Å². The van der Waals surface area contributed by atoms with Gasteiger partial charge in [-0.15, -0.1) is 0 Å². The largest absolute Gasteiger partial charge is 0.382 e. The summed E-state index contributed by atoms with van der Waals surface area (Å²) in [5, 5.41) is 6.44. The Labute approximate surface area is 127 Å². The first-order chi connectivity index (χ1) is 10.1. The molecule has 116 valence electrons. The Morgan fingerprint density at radius 2 is 1.76 bits per heavy atom. The fourth-order valence-electron chi connectivity index (χ4n) is 2.74. The van der Waals surface area contributed by atoms with Crippen molar-refractivity contribution >= 4 is 11.6 Å². The highest BCUT2D eigenvalue weighted by atomic mass is 16.5. The van der Waals surface area contributed by atoms with E-state index >= 15 is 0 Å². The highest BCUT2D eigenvalue weighted by molar-refractivity contribution is 5.94. The highest BCUT2D eigenvalue weighted by Crippen LogP contribution is 2.23. The van der Waals surface area contributed by atoms with Gasteiger partial charge in [0, 0.05) is 30.4 Å². The van der Waals surface area contributed by atoms with Gasteiger partial charge in [-0.1, -0.05) is 0 Å². The Morgan fingerprint density at radius 1 is 1.14 bits per heavy atom. The maximum absolute atomic E-state index is 11.9. The van der Waals surface area contributed by atoms with Gasteiger partial charge in [0.05, 0.1) is 6.10 Å². The molecule has 0 unspecified atom stereocenters. The second-order valence-corrected chi connectivity index (χ2v) is 6.06. The molecule has 1 aromatic rings. The average Bonchev–Trinajstić information content (AvgIpc) is 2.48. The minimum Gasteiger partial charge on any atom is -0.382 e. The molecule has 0 heterocycles. The van der Waals surface area contributed by atoms with Gasteiger partial charge >= 0.3 is 0 Å². The molecule has 1 aliphatic rings. The molecular weight excluding hydrogens is 264 g/mol. The van der Waals surface area contributed by atoms with Gasteiger partial charge in [-0.3, -0.25) is 4.79 Å². The number of methoxy groups -OCH3 is 1. The standard InChI is InChI=1S/C17H26N2O2/c1-12(2)18-17(20)13-4-6-14(7-5-13)19-15-8-10-16(21-3)11-9-15/h4-7,12,15-16,19H,8-11H2,1-3H3,(H,18,20). The summed E-state index contributed by atoms with van der Waals surface area (Å²) in [7, 11) is 1.79. The summed E-state index contributed by atoms with van der Waals surface area (Å²) in [6.07, 6.45) is 4.92. The normalized spacial score (nSPS) is 22.1. The van der Waals surface area contributed by atoms with E-state index in [0.717, 1.165) is 31.4 Å². The van der Waals surface area contributed by atoms with Gasteiger partial charge in [0.2, 0.25) is 0 Å². The molecule has 4 nitrogen and oxygen atoms in total. The number of nitrogens with one attached hydrogen (secondary N) is 2. The van der Waals surface area contributed by atoms with Gasteiger partial charge in [-0.05, 0) is 63.8 Å². The van der Waals surface area contributed by atoms with E-state index in [1.54, 1.807) is 7.11 Å². The second-order valence-electron chi connectivity index (χ2n) is 6.06. The minimum atomic E-state index is -0.0165. The number of benzene rings is 1. The monoisotopic (exact) mass is 290 g/mol. The molecule has 1 amide bonds. The molecule has 0 radical (unpaired) electrons. The summed E-state index contributed by atoms with van der Waals surface area (Å²) in [6, 6.07) is 8.38. The van der Waals surface area contributed by atoms with Crippen molar-refractivity contribution in [1.82, 2.24) is 5.32 Å². The van der Waals surface area contributed by atoms with Crippen molar-refractivity contribution in [1.29, 1.82) is 0 Å². The van der Waals surface area contributed by atoms with E-state index < -0.39 is 0 Å². The summed E-state index contributed by atoms with van der Waals surface area (Å²) in [5.41, 5.74) is 1.79. The van der Waals surface area contributed by atoms with Gasteiger partial charge < -0.3 is 15.4 Å². The number of hydrogen-bond acceptors (Lipinski definition) is 3. The predicted octanol–water partition coefficient (Wildman–Crippen LogP) is 3.19. The number of amides is 1. The number of rotatable bonds is 5. The van der Waals surface area contributed by atoms with Crippen LogP contribution in [0.2, 0.25) is 0 Å². The van der Waals surface area contributed by atoms with Crippen molar-refractivity contribution < 1.29 is 9.53 Å². The van der Waals surface area contributed by atoms with Crippen LogP contribution in [0.3, 0.4) is 0 Å². The Morgan fingerprint density at radius 3 is 2.29 bits per heavy atom. The van der Waals surface area contributed by atoms with Crippen LogP contribution in [0.1, 0.15) is 49.9 Å². The van der Waals surface area contributed by atoms with Crippen LogP contribution >= 0.6 is 0 Å². The number of carbonyl (C=O) groups is 1. The van der Waals surface area contributed by atoms with Crippen molar-refractivity contribution in [2.24, 2.45) is 0 Å². The molecule has 0 saturated heterocycles. The first-order valence-corrected chi connectivity index (χ1v) is 7.78. The quantitative estimate of drug-likeness (QED) is 0.875. The lowest BCUT2D eigenvalue weighted by molar-refractivity contribution is 0.0682. The summed E-state index contributed by atoms with van der Waals surface area (Å²) >= 11 is 0. The zero-order valence-electron chi connectivity index (χ0n) is 13.2. The average molecular weight is 290 g/mol. The van der Waals surface area contributed by atoms with E-state index in [4.69, 9.17) is 4.74 Å². The Hall–Kier alpha value is -1.55. The molecule has 1 saturated carbocycles. The second kappa shape index (κ2) is 7.46. The van der Waals surface area contributed by atoms with E-state index in [2.05, 4.69) is 10.6 Å². The number of ether oxygens (including phenoxy) is 1. The summed E-state index contributed by atoms with van der Waals surface area (Å²) in [6.45, 7) is 3.92. The fourth-order valence-corrected chi connectivity index (χ4v) is 2.74. The van der Waals surface area contributed by atoms with Crippen LogP contribution in [0.5, 0.6) is 0 Å².